The van der Waals surface area contributed by atoms with Gasteiger partial charge in [0.1, 0.15) is 12.1 Å². The molecule has 1 heterocycles. The molecule has 0 amide bonds. The highest BCUT2D eigenvalue weighted by atomic mass is 35.5. The smallest absolute Gasteiger partial charge is 0.218 e. The summed E-state index contributed by atoms with van der Waals surface area (Å²) < 4.78 is 5.55. The van der Waals surface area contributed by atoms with Gasteiger partial charge in [-0.2, -0.15) is 0 Å². The molecule has 0 radical (unpaired) electrons. The van der Waals surface area contributed by atoms with Crippen molar-refractivity contribution in [3.8, 4) is 5.88 Å². The Hall–Kier alpha value is -1.03. The quantitative estimate of drug-likeness (QED) is 0.841. The number of hydrogen-bond donors (Lipinski definition) is 1. The summed E-state index contributed by atoms with van der Waals surface area (Å²) in [6.07, 6.45) is 6.50. The molecule has 0 aromatic carbocycles. The van der Waals surface area contributed by atoms with E-state index in [4.69, 9.17) is 16.3 Å². The van der Waals surface area contributed by atoms with Crippen LogP contribution in [0, 0.1) is 5.92 Å². The Morgan fingerprint density at radius 3 is 2.89 bits per heavy atom. The molecule has 1 fully saturated rings. The summed E-state index contributed by atoms with van der Waals surface area (Å²) in [6.45, 7) is 4.83. The van der Waals surface area contributed by atoms with Gasteiger partial charge in [0.15, 0.2) is 0 Å². The maximum absolute atomic E-state index is 6.35. The standard InChI is InChI=1S/C14H22ClN3O/c1-10(2)19-14-7-13(17-9-18-14)16-8-11-5-3-4-6-12(11)15/h7,9-12H,3-6,8H2,1-2H3,(H,16,17,18). The fraction of sp³-hybridized carbons (Fsp3) is 0.714. The summed E-state index contributed by atoms with van der Waals surface area (Å²) >= 11 is 6.35. The van der Waals surface area contributed by atoms with E-state index in [-0.39, 0.29) is 11.5 Å². The first kappa shape index (κ1) is 14.4. The minimum Gasteiger partial charge on any atom is -0.475 e. The van der Waals surface area contributed by atoms with Crippen molar-refractivity contribution in [2.45, 2.75) is 51.0 Å². The number of ether oxygens (including phenoxy) is 1. The minimum absolute atomic E-state index is 0.119. The van der Waals surface area contributed by atoms with Gasteiger partial charge in [-0.25, -0.2) is 9.97 Å². The molecular weight excluding hydrogens is 262 g/mol. The van der Waals surface area contributed by atoms with E-state index in [0.29, 0.717) is 11.8 Å². The van der Waals surface area contributed by atoms with Gasteiger partial charge in [0.05, 0.1) is 6.10 Å². The van der Waals surface area contributed by atoms with Crippen molar-refractivity contribution in [3.05, 3.63) is 12.4 Å². The van der Waals surface area contributed by atoms with E-state index in [1.165, 1.54) is 25.6 Å². The first-order valence-corrected chi connectivity index (χ1v) is 7.45. The highest BCUT2D eigenvalue weighted by Crippen LogP contribution is 2.28. The van der Waals surface area contributed by atoms with Crippen LogP contribution < -0.4 is 10.1 Å². The summed E-state index contributed by atoms with van der Waals surface area (Å²) in [5.74, 6) is 1.94. The Morgan fingerprint density at radius 2 is 2.16 bits per heavy atom. The Bertz CT molecular complexity index is 400. The number of nitrogens with zero attached hydrogens (tertiary/aromatic N) is 2. The third-order valence-corrected chi connectivity index (χ3v) is 3.93. The lowest BCUT2D eigenvalue weighted by molar-refractivity contribution is 0.232. The molecule has 106 valence electrons. The fourth-order valence-electron chi connectivity index (χ4n) is 2.37. The first-order valence-electron chi connectivity index (χ1n) is 7.02. The molecule has 1 aromatic heterocycles. The Kier molecular flexibility index (Phi) is 5.25. The van der Waals surface area contributed by atoms with Crippen molar-refractivity contribution in [2.24, 2.45) is 5.92 Å². The largest absolute Gasteiger partial charge is 0.475 e. The summed E-state index contributed by atoms with van der Waals surface area (Å²) in [6, 6.07) is 1.84. The van der Waals surface area contributed by atoms with Crippen molar-refractivity contribution in [1.29, 1.82) is 0 Å². The van der Waals surface area contributed by atoms with Crippen LogP contribution in [0.3, 0.4) is 0 Å². The van der Waals surface area contributed by atoms with Crippen LogP contribution in [0.25, 0.3) is 0 Å². The van der Waals surface area contributed by atoms with Gasteiger partial charge in [0.2, 0.25) is 5.88 Å². The van der Waals surface area contributed by atoms with E-state index in [1.807, 2.05) is 19.9 Å². The van der Waals surface area contributed by atoms with E-state index in [2.05, 4.69) is 15.3 Å². The second-order valence-corrected chi connectivity index (χ2v) is 5.91. The number of rotatable bonds is 5. The van der Waals surface area contributed by atoms with Gasteiger partial charge in [-0.3, -0.25) is 0 Å². The number of aromatic nitrogens is 2. The summed E-state index contributed by atoms with van der Waals surface area (Å²) in [5.41, 5.74) is 0. The maximum atomic E-state index is 6.35. The zero-order valence-corrected chi connectivity index (χ0v) is 12.4. The van der Waals surface area contributed by atoms with Gasteiger partial charge >= 0.3 is 0 Å². The van der Waals surface area contributed by atoms with Crippen molar-refractivity contribution < 1.29 is 4.74 Å². The SMILES string of the molecule is CC(C)Oc1cc(NCC2CCCCC2Cl)ncn1. The van der Waals surface area contributed by atoms with Crippen molar-refractivity contribution >= 4 is 17.4 Å². The second-order valence-electron chi connectivity index (χ2n) is 5.35. The van der Waals surface area contributed by atoms with Gasteiger partial charge in [-0.15, -0.1) is 11.6 Å². The molecule has 1 N–H and O–H groups in total. The predicted molar refractivity (Wildman–Crippen MR) is 77.9 cm³/mol. The fourth-order valence-corrected chi connectivity index (χ4v) is 2.74. The van der Waals surface area contributed by atoms with E-state index in [1.54, 1.807) is 0 Å². The molecule has 1 saturated carbocycles. The van der Waals surface area contributed by atoms with Gasteiger partial charge in [0.25, 0.3) is 0 Å². The lowest BCUT2D eigenvalue weighted by atomic mass is 9.89. The molecule has 1 aliphatic rings. The number of halogens is 1. The molecule has 19 heavy (non-hydrogen) atoms. The molecule has 0 aliphatic heterocycles. The molecular formula is C14H22ClN3O. The molecule has 1 aromatic rings. The molecule has 2 unspecified atom stereocenters. The van der Waals surface area contributed by atoms with Gasteiger partial charge < -0.3 is 10.1 Å². The second kappa shape index (κ2) is 6.94. The Balaban J connectivity index is 1.88. The molecule has 4 nitrogen and oxygen atoms in total. The highest BCUT2D eigenvalue weighted by molar-refractivity contribution is 6.20. The molecule has 2 atom stereocenters. The maximum Gasteiger partial charge on any atom is 0.218 e. The highest BCUT2D eigenvalue weighted by Gasteiger charge is 2.22. The van der Waals surface area contributed by atoms with Crippen molar-refractivity contribution in [3.63, 3.8) is 0 Å². The number of alkyl halides is 1. The summed E-state index contributed by atoms with van der Waals surface area (Å²) in [7, 11) is 0. The van der Waals surface area contributed by atoms with Crippen molar-refractivity contribution in [2.75, 3.05) is 11.9 Å². The van der Waals surface area contributed by atoms with E-state index < -0.39 is 0 Å². The van der Waals surface area contributed by atoms with Gasteiger partial charge in [-0.05, 0) is 32.6 Å². The van der Waals surface area contributed by atoms with Crippen LogP contribution >= 0.6 is 11.6 Å². The molecule has 2 rings (SSSR count). The van der Waals surface area contributed by atoms with Gasteiger partial charge in [-0.1, -0.05) is 12.8 Å². The minimum atomic E-state index is 0.119. The Morgan fingerprint density at radius 1 is 1.37 bits per heavy atom. The number of hydrogen-bond acceptors (Lipinski definition) is 4. The van der Waals surface area contributed by atoms with E-state index >= 15 is 0 Å². The summed E-state index contributed by atoms with van der Waals surface area (Å²) in [4.78, 5) is 8.30. The van der Waals surface area contributed by atoms with Crippen LogP contribution in [0.15, 0.2) is 12.4 Å². The van der Waals surface area contributed by atoms with Gasteiger partial charge in [0, 0.05) is 18.0 Å². The van der Waals surface area contributed by atoms with Crippen LogP contribution in [0.1, 0.15) is 39.5 Å². The third kappa shape index (κ3) is 4.53. The van der Waals surface area contributed by atoms with Crippen LogP contribution in [0.5, 0.6) is 5.88 Å². The normalized spacial score (nSPS) is 23.4. The molecule has 0 spiro atoms. The Labute approximate surface area is 119 Å². The molecule has 5 heteroatoms. The van der Waals surface area contributed by atoms with Crippen LogP contribution in [0.2, 0.25) is 0 Å². The van der Waals surface area contributed by atoms with Crippen molar-refractivity contribution in [1.82, 2.24) is 9.97 Å². The third-order valence-electron chi connectivity index (χ3n) is 3.36. The zero-order valence-electron chi connectivity index (χ0n) is 11.6. The van der Waals surface area contributed by atoms with Crippen LogP contribution in [0.4, 0.5) is 5.82 Å². The van der Waals surface area contributed by atoms with E-state index in [0.717, 1.165) is 18.8 Å². The molecule has 0 bridgehead atoms. The number of anilines is 1. The monoisotopic (exact) mass is 283 g/mol. The lowest BCUT2D eigenvalue weighted by Crippen LogP contribution is -2.27. The topological polar surface area (TPSA) is 47.0 Å². The first-order chi connectivity index (χ1) is 9.15. The number of nitrogens with one attached hydrogen (secondary N) is 1. The molecule has 1 aliphatic carbocycles. The lowest BCUT2D eigenvalue weighted by Gasteiger charge is -2.27. The average molecular weight is 284 g/mol. The van der Waals surface area contributed by atoms with E-state index in [9.17, 15) is 0 Å². The zero-order chi connectivity index (χ0) is 13.7. The molecule has 0 saturated heterocycles. The average Bonchev–Trinajstić information content (AvgIpc) is 2.37. The predicted octanol–water partition coefficient (Wildman–Crippen LogP) is 3.47. The van der Waals surface area contributed by atoms with Crippen LogP contribution in [-0.4, -0.2) is 28.0 Å². The summed E-state index contributed by atoms with van der Waals surface area (Å²) in [5, 5.41) is 3.63. The van der Waals surface area contributed by atoms with Crippen LogP contribution in [-0.2, 0) is 0 Å².